The fraction of sp³-hybridized carbons (Fsp3) is 0.917. The largest absolute Gasteiger partial charge is 0.472 e. The van der Waals surface area contributed by atoms with Crippen molar-refractivity contribution in [2.24, 2.45) is 0 Å². The van der Waals surface area contributed by atoms with Crippen LogP contribution in [-0.2, 0) is 32.7 Å². The second-order valence-electron chi connectivity index (χ2n) is 16.8. The second-order valence-corrected chi connectivity index (χ2v) is 18.3. The van der Waals surface area contributed by atoms with Gasteiger partial charge in [-0.2, -0.15) is 0 Å². The molecule has 0 aliphatic carbocycles. The van der Waals surface area contributed by atoms with Crippen molar-refractivity contribution in [3.05, 3.63) is 12.2 Å². The third-order valence-electron chi connectivity index (χ3n) is 10.9. The van der Waals surface area contributed by atoms with Crippen LogP contribution in [0.25, 0.3) is 0 Å². The molecular formula is C48H93O10P. The number of carbonyl (C=O) groups excluding carboxylic acids is 2. The zero-order valence-electron chi connectivity index (χ0n) is 38.2. The number of aliphatic hydroxyl groups excluding tert-OH is 2. The molecule has 0 aromatic heterocycles. The van der Waals surface area contributed by atoms with E-state index in [9.17, 15) is 24.2 Å². The Bertz CT molecular complexity index is 993. The summed E-state index contributed by atoms with van der Waals surface area (Å²) < 4.78 is 32.8. The summed E-state index contributed by atoms with van der Waals surface area (Å²) in [4.78, 5) is 35.1. The molecule has 0 rings (SSSR count). The Balaban J connectivity index is 4.13. The number of ether oxygens (including phenoxy) is 2. The Labute approximate surface area is 362 Å². The first-order valence-corrected chi connectivity index (χ1v) is 26.1. The molecule has 3 N–H and O–H groups in total. The summed E-state index contributed by atoms with van der Waals surface area (Å²) in [6.45, 7) is 2.42. The standard InChI is InChI=1S/C48H93O10P/c1-3-5-7-9-11-13-15-17-18-19-20-21-22-23-24-25-26-28-30-32-34-36-38-40-48(52)58-46(44-57-59(53,54)56-42-45(50)41-49)43-55-47(51)39-37-35-33-31-29-27-16-14-12-10-8-6-4-2/h19-20,45-46,49-50H,3-18,21-44H2,1-2H3,(H,53,54)/b20-19-. The Morgan fingerprint density at radius 1 is 0.492 bits per heavy atom. The summed E-state index contributed by atoms with van der Waals surface area (Å²) in [7, 11) is -4.61. The third-order valence-corrected chi connectivity index (χ3v) is 11.9. The molecule has 0 bridgehead atoms. The first kappa shape index (κ1) is 57.7. The van der Waals surface area contributed by atoms with Crippen LogP contribution in [0.3, 0.4) is 0 Å². The van der Waals surface area contributed by atoms with Crippen LogP contribution in [0.15, 0.2) is 12.2 Å². The van der Waals surface area contributed by atoms with Crippen LogP contribution in [0, 0.1) is 0 Å². The van der Waals surface area contributed by atoms with Crippen LogP contribution in [0.5, 0.6) is 0 Å². The number of allylic oxidation sites excluding steroid dienone is 2. The molecule has 0 aliphatic heterocycles. The molecule has 0 amide bonds. The van der Waals surface area contributed by atoms with Crippen molar-refractivity contribution < 1.29 is 47.8 Å². The van der Waals surface area contributed by atoms with Crippen LogP contribution in [0.2, 0.25) is 0 Å². The minimum Gasteiger partial charge on any atom is -0.462 e. The molecule has 3 atom stereocenters. The average Bonchev–Trinajstić information content (AvgIpc) is 3.22. The van der Waals surface area contributed by atoms with Crippen LogP contribution < -0.4 is 0 Å². The minimum absolute atomic E-state index is 0.188. The first-order valence-electron chi connectivity index (χ1n) is 24.6. The molecule has 0 aromatic rings. The Hall–Kier alpha value is -1.29. The average molecular weight is 861 g/mol. The van der Waals surface area contributed by atoms with E-state index in [0.717, 1.165) is 38.5 Å². The maximum absolute atomic E-state index is 12.7. The number of hydrogen-bond acceptors (Lipinski definition) is 9. The van der Waals surface area contributed by atoms with Crippen LogP contribution in [0.1, 0.15) is 245 Å². The van der Waals surface area contributed by atoms with E-state index in [4.69, 9.17) is 23.6 Å². The minimum atomic E-state index is -4.61. The van der Waals surface area contributed by atoms with Crippen molar-refractivity contribution in [1.29, 1.82) is 0 Å². The fourth-order valence-electron chi connectivity index (χ4n) is 7.11. The maximum Gasteiger partial charge on any atom is 0.472 e. The predicted molar refractivity (Wildman–Crippen MR) is 242 cm³/mol. The molecular weight excluding hydrogens is 767 g/mol. The highest BCUT2D eigenvalue weighted by molar-refractivity contribution is 7.47. The highest BCUT2D eigenvalue weighted by atomic mass is 31.2. The Morgan fingerprint density at radius 3 is 1.22 bits per heavy atom. The van der Waals surface area contributed by atoms with E-state index in [2.05, 4.69) is 26.0 Å². The SMILES string of the molecule is CCCCCCCCCC/C=C\CCCCCCCCCCCCCC(=O)OC(COC(=O)CCCCCCCCCCCCCCC)COP(=O)(O)OCC(O)CO. The lowest BCUT2D eigenvalue weighted by Crippen LogP contribution is -2.29. The molecule has 3 unspecified atom stereocenters. The summed E-state index contributed by atoms with van der Waals surface area (Å²) in [5, 5.41) is 18.4. The van der Waals surface area contributed by atoms with E-state index in [1.165, 1.54) is 167 Å². The van der Waals surface area contributed by atoms with Gasteiger partial charge in [-0.25, -0.2) is 4.57 Å². The van der Waals surface area contributed by atoms with Gasteiger partial charge >= 0.3 is 19.8 Å². The van der Waals surface area contributed by atoms with E-state index in [1.54, 1.807) is 0 Å². The molecule has 0 spiro atoms. The van der Waals surface area contributed by atoms with Crippen molar-refractivity contribution in [2.75, 3.05) is 26.4 Å². The lowest BCUT2D eigenvalue weighted by molar-refractivity contribution is -0.161. The van der Waals surface area contributed by atoms with E-state index in [0.29, 0.717) is 12.8 Å². The highest BCUT2D eigenvalue weighted by Gasteiger charge is 2.27. The molecule has 0 saturated carbocycles. The number of hydrogen-bond donors (Lipinski definition) is 3. The molecule has 350 valence electrons. The van der Waals surface area contributed by atoms with Crippen molar-refractivity contribution in [1.82, 2.24) is 0 Å². The molecule has 10 nitrogen and oxygen atoms in total. The van der Waals surface area contributed by atoms with E-state index in [1.807, 2.05) is 0 Å². The third kappa shape index (κ3) is 44.6. The van der Waals surface area contributed by atoms with Gasteiger partial charge in [-0.3, -0.25) is 18.6 Å². The summed E-state index contributed by atoms with van der Waals surface area (Å²) in [5.74, 6) is -0.912. The Morgan fingerprint density at radius 2 is 0.831 bits per heavy atom. The quantitative estimate of drug-likeness (QED) is 0.0234. The van der Waals surface area contributed by atoms with Gasteiger partial charge in [0.1, 0.15) is 12.7 Å². The van der Waals surface area contributed by atoms with Gasteiger partial charge in [0.25, 0.3) is 0 Å². The van der Waals surface area contributed by atoms with E-state index >= 15 is 0 Å². The van der Waals surface area contributed by atoms with Crippen molar-refractivity contribution in [3.8, 4) is 0 Å². The number of aliphatic hydroxyl groups is 2. The summed E-state index contributed by atoms with van der Waals surface area (Å²) in [5.41, 5.74) is 0. The van der Waals surface area contributed by atoms with Gasteiger partial charge in [0.2, 0.25) is 0 Å². The maximum atomic E-state index is 12.7. The molecule has 0 fully saturated rings. The summed E-state index contributed by atoms with van der Waals surface area (Å²) in [6, 6.07) is 0. The molecule has 11 heteroatoms. The molecule has 0 aliphatic rings. The lowest BCUT2D eigenvalue weighted by atomic mass is 10.0. The molecule has 0 saturated heterocycles. The number of carbonyl (C=O) groups is 2. The van der Waals surface area contributed by atoms with Gasteiger partial charge in [0, 0.05) is 12.8 Å². The lowest BCUT2D eigenvalue weighted by Gasteiger charge is -2.20. The molecule has 0 heterocycles. The van der Waals surface area contributed by atoms with Gasteiger partial charge in [0.15, 0.2) is 6.10 Å². The van der Waals surface area contributed by atoms with Crippen molar-refractivity contribution >= 4 is 19.8 Å². The van der Waals surface area contributed by atoms with Crippen molar-refractivity contribution in [3.63, 3.8) is 0 Å². The van der Waals surface area contributed by atoms with Gasteiger partial charge in [0.05, 0.1) is 19.8 Å². The number of esters is 2. The van der Waals surface area contributed by atoms with Crippen molar-refractivity contribution in [2.45, 2.75) is 257 Å². The van der Waals surface area contributed by atoms with Crippen LogP contribution in [0.4, 0.5) is 0 Å². The smallest absolute Gasteiger partial charge is 0.462 e. The number of rotatable bonds is 47. The first-order chi connectivity index (χ1) is 28.7. The normalized spacial score (nSPS) is 13.8. The molecule has 0 aromatic carbocycles. The fourth-order valence-corrected chi connectivity index (χ4v) is 7.90. The van der Waals surface area contributed by atoms with E-state index in [-0.39, 0.29) is 19.4 Å². The summed E-state index contributed by atoms with van der Waals surface area (Å²) >= 11 is 0. The van der Waals surface area contributed by atoms with Crippen LogP contribution in [-0.4, -0.2) is 65.7 Å². The topological polar surface area (TPSA) is 149 Å². The van der Waals surface area contributed by atoms with Gasteiger partial charge in [-0.15, -0.1) is 0 Å². The summed E-state index contributed by atoms with van der Waals surface area (Å²) in [6.07, 6.45) is 44.7. The molecule has 0 radical (unpaired) electrons. The number of unbranched alkanes of at least 4 members (excludes halogenated alkanes) is 31. The molecule has 59 heavy (non-hydrogen) atoms. The van der Waals surface area contributed by atoms with Crippen LogP contribution >= 0.6 is 7.82 Å². The van der Waals surface area contributed by atoms with Gasteiger partial charge in [-0.05, 0) is 38.5 Å². The second kappa shape index (κ2) is 44.8. The van der Waals surface area contributed by atoms with Gasteiger partial charge < -0.3 is 24.6 Å². The van der Waals surface area contributed by atoms with E-state index < -0.39 is 51.8 Å². The highest BCUT2D eigenvalue weighted by Crippen LogP contribution is 2.43. The number of phosphoric ester groups is 1. The zero-order chi connectivity index (χ0) is 43.3. The monoisotopic (exact) mass is 861 g/mol. The Kier molecular flexibility index (Phi) is 43.8. The zero-order valence-corrected chi connectivity index (χ0v) is 39.1. The van der Waals surface area contributed by atoms with Gasteiger partial charge in [-0.1, -0.05) is 206 Å². The number of phosphoric acid groups is 1. The predicted octanol–water partition coefficient (Wildman–Crippen LogP) is 13.6.